The molecule has 2 aromatic rings. The lowest BCUT2D eigenvalue weighted by Crippen LogP contribution is -2.41. The summed E-state index contributed by atoms with van der Waals surface area (Å²) in [6, 6.07) is 1.90. The van der Waals surface area contributed by atoms with E-state index in [0.29, 0.717) is 0 Å². The number of nitrogens with two attached hydrogens (primary N) is 1. The Morgan fingerprint density at radius 2 is 2.03 bits per heavy atom. The van der Waals surface area contributed by atoms with Crippen LogP contribution < -0.4 is 16.0 Å². The average Bonchev–Trinajstić information content (AvgIpc) is 3.38. The summed E-state index contributed by atoms with van der Waals surface area (Å²) in [5.74, 6) is -3.42. The van der Waals surface area contributed by atoms with Gasteiger partial charge in [0.1, 0.15) is 11.8 Å². The smallest absolute Gasteiger partial charge is 0.414 e. The van der Waals surface area contributed by atoms with Crippen LogP contribution in [0.2, 0.25) is 0 Å². The Balaban J connectivity index is 1.63. The molecule has 14 heteroatoms. The highest BCUT2D eigenvalue weighted by Crippen LogP contribution is 2.29. The summed E-state index contributed by atoms with van der Waals surface area (Å²) >= 11 is 0. The van der Waals surface area contributed by atoms with Crippen molar-refractivity contribution in [3.8, 4) is 0 Å². The predicted octanol–water partition coefficient (Wildman–Crippen LogP) is 1.05. The van der Waals surface area contributed by atoms with Crippen LogP contribution in [0.25, 0.3) is 0 Å². The molecule has 10 nitrogen and oxygen atoms in total. The highest BCUT2D eigenvalue weighted by molar-refractivity contribution is 5.90. The first-order valence-corrected chi connectivity index (χ1v) is 9.62. The number of amides is 2. The molecule has 174 valence electrons. The van der Waals surface area contributed by atoms with Crippen LogP contribution in [-0.2, 0) is 16.1 Å². The Morgan fingerprint density at radius 3 is 2.62 bits per heavy atom. The molecule has 1 saturated heterocycles. The largest absolute Gasteiger partial charge is 0.442 e. The van der Waals surface area contributed by atoms with Crippen molar-refractivity contribution in [2.24, 2.45) is 5.73 Å². The number of nitrogens with zero attached hydrogens (tertiary/aromatic N) is 5. The molecule has 1 atom stereocenters. The Hall–Kier alpha value is -3.42. The molecular weight excluding hydrogens is 438 g/mol. The zero-order valence-corrected chi connectivity index (χ0v) is 16.8. The number of benzene rings is 1. The zero-order valence-electron chi connectivity index (χ0n) is 16.8. The maximum atomic E-state index is 14.5. The first-order chi connectivity index (χ1) is 15.3. The second-order valence-corrected chi connectivity index (χ2v) is 6.87. The molecule has 1 aromatic heterocycles. The molecule has 0 saturated carbocycles. The molecular formula is C18H21F4N7O3. The second-order valence-electron chi connectivity index (χ2n) is 6.87. The number of alkyl halides is 2. The lowest BCUT2D eigenvalue weighted by Gasteiger charge is -2.22. The predicted molar refractivity (Wildman–Crippen MR) is 104 cm³/mol. The molecule has 0 bridgehead atoms. The number of hydrogen-bond donors (Lipinski definition) is 2. The van der Waals surface area contributed by atoms with E-state index in [4.69, 9.17) is 10.5 Å². The fourth-order valence-electron chi connectivity index (χ4n) is 3.19. The molecule has 2 amide bonds. The maximum absolute atomic E-state index is 14.5. The lowest BCUT2D eigenvalue weighted by molar-refractivity contribution is -0.142. The van der Waals surface area contributed by atoms with E-state index in [2.05, 4.69) is 15.6 Å². The van der Waals surface area contributed by atoms with Crippen molar-refractivity contribution in [1.82, 2.24) is 19.9 Å². The van der Waals surface area contributed by atoms with Crippen LogP contribution in [0.3, 0.4) is 0 Å². The normalized spacial score (nSPS) is 15.9. The summed E-state index contributed by atoms with van der Waals surface area (Å²) in [6.07, 6.45) is -1.52. The number of rotatable bonds is 10. The fourth-order valence-corrected chi connectivity index (χ4v) is 3.19. The molecule has 1 aromatic carbocycles. The van der Waals surface area contributed by atoms with Crippen molar-refractivity contribution in [3.05, 3.63) is 36.2 Å². The van der Waals surface area contributed by atoms with Crippen LogP contribution in [0.15, 0.2) is 24.5 Å². The van der Waals surface area contributed by atoms with Gasteiger partial charge in [-0.05, 0) is 0 Å². The molecule has 1 aliphatic heterocycles. The van der Waals surface area contributed by atoms with Crippen LogP contribution in [0.4, 0.5) is 33.7 Å². The number of nitrogens with one attached hydrogen (secondary N) is 1. The third-order valence-corrected chi connectivity index (χ3v) is 4.66. The van der Waals surface area contributed by atoms with Crippen LogP contribution in [-0.4, -0.2) is 77.1 Å². The van der Waals surface area contributed by atoms with Crippen LogP contribution >= 0.6 is 0 Å². The van der Waals surface area contributed by atoms with Crippen LogP contribution in [0, 0.1) is 11.6 Å². The summed E-state index contributed by atoms with van der Waals surface area (Å²) in [6.45, 7) is -0.320. The van der Waals surface area contributed by atoms with Gasteiger partial charge < -0.3 is 20.7 Å². The van der Waals surface area contributed by atoms with E-state index in [9.17, 15) is 27.2 Å². The van der Waals surface area contributed by atoms with E-state index < -0.39 is 41.9 Å². The van der Waals surface area contributed by atoms with Gasteiger partial charge in [-0.25, -0.2) is 18.3 Å². The monoisotopic (exact) mass is 459 g/mol. The van der Waals surface area contributed by atoms with Gasteiger partial charge in [0.2, 0.25) is 0 Å². The summed E-state index contributed by atoms with van der Waals surface area (Å²) < 4.78 is 60.9. The second kappa shape index (κ2) is 10.3. The molecule has 3 rings (SSSR count). The van der Waals surface area contributed by atoms with Gasteiger partial charge >= 0.3 is 12.5 Å². The number of carbonyl (C=O) groups excluding carboxylic acids is 2. The number of anilines is 2. The van der Waals surface area contributed by atoms with Crippen molar-refractivity contribution in [2.75, 3.05) is 42.9 Å². The van der Waals surface area contributed by atoms with Gasteiger partial charge in [-0.3, -0.25) is 9.69 Å². The number of cyclic esters (lactones) is 1. The fraction of sp³-hybridized carbons (Fsp3) is 0.444. The number of aromatic nitrogens is 3. The molecule has 0 spiro atoms. The minimum Gasteiger partial charge on any atom is -0.442 e. The summed E-state index contributed by atoms with van der Waals surface area (Å²) in [4.78, 5) is 25.5. The van der Waals surface area contributed by atoms with Crippen molar-refractivity contribution < 1.29 is 31.9 Å². The van der Waals surface area contributed by atoms with E-state index in [1.54, 1.807) is 6.20 Å². The molecule has 0 radical (unpaired) electrons. The maximum Gasteiger partial charge on any atom is 0.414 e. The molecule has 1 fully saturated rings. The quantitative estimate of drug-likeness (QED) is 0.510. The highest BCUT2D eigenvalue weighted by atomic mass is 19.3. The van der Waals surface area contributed by atoms with E-state index in [-0.39, 0.29) is 45.0 Å². The molecule has 1 unspecified atom stereocenters. The average molecular weight is 459 g/mol. The summed E-state index contributed by atoms with van der Waals surface area (Å²) in [5, 5.41) is 9.86. The Morgan fingerprint density at radius 1 is 1.31 bits per heavy atom. The lowest BCUT2D eigenvalue weighted by atomic mass is 10.2. The van der Waals surface area contributed by atoms with Gasteiger partial charge in [0.15, 0.2) is 11.6 Å². The molecule has 0 aliphatic carbocycles. The topological polar surface area (TPSA) is 119 Å². The Labute approximate surface area is 179 Å². The van der Waals surface area contributed by atoms with Gasteiger partial charge in [-0.15, -0.1) is 5.10 Å². The number of hydrogen-bond acceptors (Lipinski definition) is 7. The van der Waals surface area contributed by atoms with E-state index in [1.165, 1.54) is 10.9 Å². The number of halogens is 4. The third kappa shape index (κ3) is 5.43. The molecule has 2 heterocycles. The van der Waals surface area contributed by atoms with Gasteiger partial charge in [-0.1, -0.05) is 5.21 Å². The minimum atomic E-state index is -3.21. The standard InChI is InChI=1S/C18H21F4N7O3/c19-13-7-11(29-10-12(32-18(29)31)9-28-6-3-25-26-28)8-14(20)15(13)24-2-5-27(4-1-23)17(30)16(21)22/h3,6-8,12,16,24H,1-2,4-5,9-10,23H2. The van der Waals surface area contributed by atoms with E-state index in [0.717, 1.165) is 21.9 Å². The first-order valence-electron chi connectivity index (χ1n) is 9.62. The number of ether oxygens (including phenoxy) is 1. The zero-order chi connectivity index (χ0) is 23.3. The highest BCUT2D eigenvalue weighted by Gasteiger charge is 2.33. The van der Waals surface area contributed by atoms with E-state index >= 15 is 0 Å². The summed E-state index contributed by atoms with van der Waals surface area (Å²) in [5.41, 5.74) is 4.74. The van der Waals surface area contributed by atoms with Crippen LogP contribution in [0.1, 0.15) is 0 Å². The molecule has 1 aliphatic rings. The van der Waals surface area contributed by atoms with Gasteiger partial charge in [0.25, 0.3) is 5.91 Å². The van der Waals surface area contributed by atoms with Crippen molar-refractivity contribution in [1.29, 1.82) is 0 Å². The summed E-state index contributed by atoms with van der Waals surface area (Å²) in [7, 11) is 0. The van der Waals surface area contributed by atoms with Crippen molar-refractivity contribution in [2.45, 2.75) is 19.1 Å². The number of carbonyl (C=O) groups is 2. The minimum absolute atomic E-state index is 0.0419. The van der Waals surface area contributed by atoms with Gasteiger partial charge in [-0.2, -0.15) is 8.78 Å². The third-order valence-electron chi connectivity index (χ3n) is 4.66. The molecule has 32 heavy (non-hydrogen) atoms. The Bertz CT molecular complexity index is 922. The van der Waals surface area contributed by atoms with Gasteiger partial charge in [0.05, 0.1) is 25.0 Å². The van der Waals surface area contributed by atoms with E-state index in [1.807, 2.05) is 0 Å². The van der Waals surface area contributed by atoms with Crippen molar-refractivity contribution >= 4 is 23.4 Å². The SMILES string of the molecule is NCCN(CCNc1c(F)cc(N2CC(Cn3ccnn3)OC2=O)cc1F)C(=O)C(F)F. The van der Waals surface area contributed by atoms with Crippen LogP contribution in [0.5, 0.6) is 0 Å². The van der Waals surface area contributed by atoms with Crippen molar-refractivity contribution in [3.63, 3.8) is 0 Å². The van der Waals surface area contributed by atoms with Gasteiger partial charge in [0, 0.05) is 44.5 Å². The first kappa shape index (κ1) is 23.2. The molecule has 3 N–H and O–H groups in total. The Kier molecular flexibility index (Phi) is 7.45.